The normalized spacial score (nSPS) is 16.2. The summed E-state index contributed by atoms with van der Waals surface area (Å²) >= 11 is 0. The van der Waals surface area contributed by atoms with Gasteiger partial charge in [-0.2, -0.15) is 0 Å². The van der Waals surface area contributed by atoms with E-state index in [4.69, 9.17) is 4.42 Å². The molecule has 1 aliphatic rings. The molecule has 1 N–H and O–H groups in total. The van der Waals surface area contributed by atoms with Crippen LogP contribution in [0.1, 0.15) is 22.2 Å². The van der Waals surface area contributed by atoms with Crippen molar-refractivity contribution in [2.75, 3.05) is 4.90 Å². The molecule has 0 saturated heterocycles. The number of halogens is 2. The predicted molar refractivity (Wildman–Crippen MR) is 111 cm³/mol. The number of hydrogen-bond donors (Lipinski definition) is 1. The Labute approximate surface area is 180 Å². The Hall–Kier alpha value is -4.33. The standard InChI is InChI=1S/C24H14F2N2O4/c25-16-8-7-15(11-17(16)26)28-21(14-5-3-9-27-12-14)20(23(30)24(28)31)22(29)19-10-13-4-1-2-6-18(13)32-19/h1-12,21,30H. The van der Waals surface area contributed by atoms with Gasteiger partial charge < -0.3 is 9.52 Å². The van der Waals surface area contributed by atoms with Crippen molar-refractivity contribution in [3.63, 3.8) is 0 Å². The first-order chi connectivity index (χ1) is 15.5. The number of anilines is 1. The van der Waals surface area contributed by atoms with Gasteiger partial charge in [-0.25, -0.2) is 8.78 Å². The van der Waals surface area contributed by atoms with Gasteiger partial charge in [-0.3, -0.25) is 19.5 Å². The van der Waals surface area contributed by atoms with Gasteiger partial charge in [-0.15, -0.1) is 0 Å². The number of fused-ring (bicyclic) bond motifs is 1. The third-order valence-corrected chi connectivity index (χ3v) is 5.28. The average molecular weight is 432 g/mol. The van der Waals surface area contributed by atoms with Gasteiger partial charge in [0.05, 0.1) is 11.6 Å². The van der Waals surface area contributed by atoms with Gasteiger partial charge >= 0.3 is 0 Å². The van der Waals surface area contributed by atoms with Gasteiger partial charge in [0.1, 0.15) is 5.58 Å². The van der Waals surface area contributed by atoms with Crippen LogP contribution in [0.25, 0.3) is 11.0 Å². The maximum Gasteiger partial charge on any atom is 0.294 e. The number of carbonyl (C=O) groups excluding carboxylic acids is 2. The fourth-order valence-electron chi connectivity index (χ4n) is 3.82. The van der Waals surface area contributed by atoms with Crippen molar-refractivity contribution in [2.45, 2.75) is 6.04 Å². The highest BCUT2D eigenvalue weighted by Crippen LogP contribution is 2.42. The molecule has 0 bridgehead atoms. The molecule has 3 heterocycles. The monoisotopic (exact) mass is 432 g/mol. The van der Waals surface area contributed by atoms with Gasteiger partial charge in [0.2, 0.25) is 5.78 Å². The minimum absolute atomic E-state index is 0.0262. The predicted octanol–water partition coefficient (Wildman–Crippen LogP) is 4.89. The van der Waals surface area contributed by atoms with Crippen LogP contribution < -0.4 is 4.90 Å². The lowest BCUT2D eigenvalue weighted by Crippen LogP contribution is -2.31. The highest BCUT2D eigenvalue weighted by molar-refractivity contribution is 6.20. The van der Waals surface area contributed by atoms with Crippen molar-refractivity contribution in [3.8, 4) is 0 Å². The minimum Gasteiger partial charge on any atom is -0.503 e. The van der Waals surface area contributed by atoms with E-state index in [1.54, 1.807) is 36.4 Å². The topological polar surface area (TPSA) is 83.6 Å². The van der Waals surface area contributed by atoms with Crippen LogP contribution >= 0.6 is 0 Å². The first-order valence-corrected chi connectivity index (χ1v) is 9.60. The zero-order chi connectivity index (χ0) is 22.4. The maximum atomic E-state index is 13.9. The summed E-state index contributed by atoms with van der Waals surface area (Å²) in [5.74, 6) is -4.75. The molecule has 0 fully saturated rings. The molecule has 8 heteroatoms. The molecule has 0 radical (unpaired) electrons. The van der Waals surface area contributed by atoms with E-state index in [1.807, 2.05) is 0 Å². The van der Waals surface area contributed by atoms with Crippen molar-refractivity contribution < 1.29 is 27.9 Å². The summed E-state index contributed by atoms with van der Waals surface area (Å²) in [4.78, 5) is 31.5. The van der Waals surface area contributed by atoms with E-state index in [0.29, 0.717) is 16.5 Å². The number of carbonyl (C=O) groups is 2. The van der Waals surface area contributed by atoms with Crippen LogP contribution in [-0.2, 0) is 4.79 Å². The van der Waals surface area contributed by atoms with Crippen LogP contribution in [0.3, 0.4) is 0 Å². The first-order valence-electron chi connectivity index (χ1n) is 9.60. The Morgan fingerprint density at radius 2 is 1.84 bits per heavy atom. The number of hydrogen-bond acceptors (Lipinski definition) is 5. The quantitative estimate of drug-likeness (QED) is 0.465. The summed E-state index contributed by atoms with van der Waals surface area (Å²) in [5, 5.41) is 11.4. The molecule has 1 aliphatic heterocycles. The van der Waals surface area contributed by atoms with Crippen molar-refractivity contribution in [1.82, 2.24) is 4.98 Å². The van der Waals surface area contributed by atoms with Crippen LogP contribution in [0.2, 0.25) is 0 Å². The Morgan fingerprint density at radius 3 is 2.56 bits per heavy atom. The zero-order valence-corrected chi connectivity index (χ0v) is 16.3. The van der Waals surface area contributed by atoms with Gasteiger partial charge in [0.25, 0.3) is 5.91 Å². The molecule has 5 rings (SSSR count). The molecule has 32 heavy (non-hydrogen) atoms. The number of aliphatic hydroxyl groups excluding tert-OH is 1. The SMILES string of the molecule is O=C(C1=C(O)C(=O)N(c2ccc(F)c(F)c2)C1c1cccnc1)c1cc2ccccc2o1. The largest absolute Gasteiger partial charge is 0.503 e. The lowest BCUT2D eigenvalue weighted by Gasteiger charge is -2.26. The molecule has 0 saturated carbocycles. The molecule has 2 aromatic heterocycles. The third kappa shape index (κ3) is 3.04. The minimum atomic E-state index is -1.17. The van der Waals surface area contributed by atoms with Gasteiger partial charge in [-0.05, 0) is 35.9 Å². The number of aliphatic hydroxyl groups is 1. The lowest BCUT2D eigenvalue weighted by atomic mass is 9.96. The summed E-state index contributed by atoms with van der Waals surface area (Å²) in [6.45, 7) is 0. The highest BCUT2D eigenvalue weighted by Gasteiger charge is 2.45. The van der Waals surface area contributed by atoms with Crippen LogP contribution in [0.5, 0.6) is 0 Å². The lowest BCUT2D eigenvalue weighted by molar-refractivity contribution is -0.117. The van der Waals surface area contributed by atoms with E-state index >= 15 is 0 Å². The van der Waals surface area contributed by atoms with E-state index < -0.39 is 35.1 Å². The van der Waals surface area contributed by atoms with Crippen molar-refractivity contribution in [2.24, 2.45) is 0 Å². The molecule has 4 aromatic rings. The Balaban J connectivity index is 1.66. The van der Waals surface area contributed by atoms with E-state index in [9.17, 15) is 23.5 Å². The molecule has 2 aromatic carbocycles. The number of furan rings is 1. The van der Waals surface area contributed by atoms with Crippen LogP contribution in [0.15, 0.2) is 88.8 Å². The highest BCUT2D eigenvalue weighted by atomic mass is 19.2. The van der Waals surface area contributed by atoms with Crippen LogP contribution in [0.4, 0.5) is 14.5 Å². The molecule has 0 aliphatic carbocycles. The molecule has 1 unspecified atom stereocenters. The second kappa shape index (κ2) is 7.42. The van der Waals surface area contributed by atoms with Crippen molar-refractivity contribution in [1.29, 1.82) is 0 Å². The summed E-state index contributed by atoms with van der Waals surface area (Å²) in [7, 11) is 0. The molecular formula is C24H14F2N2O4. The zero-order valence-electron chi connectivity index (χ0n) is 16.3. The molecule has 1 amide bonds. The van der Waals surface area contributed by atoms with Crippen molar-refractivity contribution in [3.05, 3.63) is 107 Å². The van der Waals surface area contributed by atoms with Crippen molar-refractivity contribution >= 4 is 28.3 Å². The van der Waals surface area contributed by atoms with E-state index in [1.165, 1.54) is 24.5 Å². The number of pyridine rings is 1. The number of aromatic nitrogens is 1. The number of amides is 1. The number of benzene rings is 2. The summed E-state index contributed by atoms with van der Waals surface area (Å²) < 4.78 is 33.1. The molecule has 1 atom stereocenters. The van der Waals surface area contributed by atoms with Gasteiger partial charge in [-0.1, -0.05) is 24.3 Å². The molecular weight excluding hydrogens is 418 g/mol. The molecule has 0 spiro atoms. The van der Waals surface area contributed by atoms with E-state index in [0.717, 1.165) is 17.0 Å². The maximum absolute atomic E-state index is 13.9. The summed E-state index contributed by atoms with van der Waals surface area (Å²) in [6, 6.07) is 13.5. The fraction of sp³-hybridized carbons (Fsp3) is 0.0417. The third-order valence-electron chi connectivity index (χ3n) is 5.28. The van der Waals surface area contributed by atoms with Gasteiger partial charge in [0.15, 0.2) is 23.2 Å². The number of para-hydroxylation sites is 1. The Morgan fingerprint density at radius 1 is 1.03 bits per heavy atom. The first kappa shape index (κ1) is 19.6. The number of ketones is 1. The van der Waals surface area contributed by atoms with Crippen LogP contribution in [-0.4, -0.2) is 21.8 Å². The number of Topliss-reactive ketones (excluding diaryl/α,β-unsaturated/α-hetero) is 1. The summed E-state index contributed by atoms with van der Waals surface area (Å²) in [6.07, 6.45) is 2.93. The average Bonchev–Trinajstić information content (AvgIpc) is 3.35. The van der Waals surface area contributed by atoms with Gasteiger partial charge in [0, 0.05) is 29.5 Å². The van der Waals surface area contributed by atoms with E-state index in [-0.39, 0.29) is 17.0 Å². The Bertz CT molecular complexity index is 1380. The number of nitrogens with zero attached hydrogens (tertiary/aromatic N) is 2. The molecule has 6 nitrogen and oxygen atoms in total. The van der Waals surface area contributed by atoms with Crippen LogP contribution in [0, 0.1) is 11.6 Å². The van der Waals surface area contributed by atoms with E-state index in [2.05, 4.69) is 4.98 Å². The number of rotatable bonds is 4. The smallest absolute Gasteiger partial charge is 0.294 e. The molecule has 158 valence electrons. The fourth-order valence-corrected chi connectivity index (χ4v) is 3.82. The second-order valence-corrected chi connectivity index (χ2v) is 7.20. The second-order valence-electron chi connectivity index (χ2n) is 7.20. The Kier molecular flexibility index (Phi) is 4.55. The summed E-state index contributed by atoms with van der Waals surface area (Å²) in [5.41, 5.74) is 0.596.